The van der Waals surface area contributed by atoms with Crippen molar-refractivity contribution in [3.63, 3.8) is 0 Å². The van der Waals surface area contributed by atoms with Gasteiger partial charge in [-0.1, -0.05) is 66.2 Å². The molecular weight excluding hydrogens is 398 g/mol. The van der Waals surface area contributed by atoms with E-state index in [-0.39, 0.29) is 12.5 Å². The molecule has 0 fully saturated rings. The molecule has 0 aliphatic heterocycles. The third-order valence-corrected chi connectivity index (χ3v) is 4.93. The fraction of sp³-hybridized carbons (Fsp3) is 0.0833. The van der Waals surface area contributed by atoms with Gasteiger partial charge in [0.25, 0.3) is 5.91 Å². The molecule has 0 saturated heterocycles. The second-order valence-corrected chi connectivity index (χ2v) is 7.33. The van der Waals surface area contributed by atoms with Crippen molar-refractivity contribution in [2.45, 2.75) is 13.2 Å². The van der Waals surface area contributed by atoms with Gasteiger partial charge in [-0.25, -0.2) is 0 Å². The molecule has 1 heterocycles. The van der Waals surface area contributed by atoms with Crippen LogP contribution >= 0.6 is 11.6 Å². The van der Waals surface area contributed by atoms with Gasteiger partial charge in [0, 0.05) is 22.5 Å². The van der Waals surface area contributed by atoms with Crippen LogP contribution < -0.4 is 5.32 Å². The summed E-state index contributed by atoms with van der Waals surface area (Å²) in [6.07, 6.45) is 1.75. The maximum Gasteiger partial charge on any atom is 0.259 e. The van der Waals surface area contributed by atoms with Crippen molar-refractivity contribution in [3.05, 3.63) is 107 Å². The molecule has 0 spiro atoms. The van der Waals surface area contributed by atoms with Crippen LogP contribution in [0.1, 0.15) is 21.5 Å². The molecule has 0 unspecified atom stereocenters. The standard InChI is InChI=1S/C24H20ClN3O2/c25-20-11-9-19(10-12-20)23-22(15-28(27-23)14-17-5-2-1-3-6-17)24(30)26-21-8-4-7-18(13-21)16-29/h1-13,15,29H,14,16H2,(H,26,30). The van der Waals surface area contributed by atoms with Crippen LogP contribution in [0.3, 0.4) is 0 Å². The molecule has 0 radical (unpaired) electrons. The summed E-state index contributed by atoms with van der Waals surface area (Å²) in [5.41, 5.74) is 4.28. The number of benzene rings is 3. The first-order valence-electron chi connectivity index (χ1n) is 9.51. The normalized spacial score (nSPS) is 10.7. The number of carbonyl (C=O) groups is 1. The van der Waals surface area contributed by atoms with E-state index >= 15 is 0 Å². The molecule has 30 heavy (non-hydrogen) atoms. The highest BCUT2D eigenvalue weighted by Gasteiger charge is 2.18. The Morgan fingerprint density at radius 2 is 1.70 bits per heavy atom. The lowest BCUT2D eigenvalue weighted by atomic mass is 10.1. The molecular formula is C24H20ClN3O2. The number of aliphatic hydroxyl groups is 1. The van der Waals surface area contributed by atoms with Crippen LogP contribution in [0.15, 0.2) is 85.1 Å². The molecule has 1 aromatic heterocycles. The van der Waals surface area contributed by atoms with Gasteiger partial charge >= 0.3 is 0 Å². The highest BCUT2D eigenvalue weighted by molar-refractivity contribution is 6.30. The molecule has 0 aliphatic carbocycles. The molecule has 3 aromatic carbocycles. The van der Waals surface area contributed by atoms with E-state index < -0.39 is 0 Å². The van der Waals surface area contributed by atoms with Crippen LogP contribution in [-0.2, 0) is 13.2 Å². The zero-order chi connectivity index (χ0) is 20.9. The lowest BCUT2D eigenvalue weighted by molar-refractivity contribution is 0.102. The molecule has 2 N–H and O–H groups in total. The number of anilines is 1. The van der Waals surface area contributed by atoms with E-state index in [0.29, 0.717) is 28.5 Å². The summed E-state index contributed by atoms with van der Waals surface area (Å²) in [5, 5.41) is 17.5. The maximum absolute atomic E-state index is 13.1. The Kier molecular flexibility index (Phi) is 5.93. The van der Waals surface area contributed by atoms with Gasteiger partial charge in [0.1, 0.15) is 5.69 Å². The van der Waals surface area contributed by atoms with Gasteiger partial charge in [0.2, 0.25) is 0 Å². The van der Waals surface area contributed by atoms with Gasteiger partial charge in [-0.2, -0.15) is 5.10 Å². The molecule has 0 saturated carbocycles. The summed E-state index contributed by atoms with van der Waals surface area (Å²) < 4.78 is 1.76. The van der Waals surface area contributed by atoms with E-state index in [0.717, 1.165) is 16.7 Å². The Balaban J connectivity index is 1.68. The van der Waals surface area contributed by atoms with E-state index in [1.807, 2.05) is 42.5 Å². The number of carbonyl (C=O) groups excluding carboxylic acids is 1. The maximum atomic E-state index is 13.1. The first-order chi connectivity index (χ1) is 14.6. The van der Waals surface area contributed by atoms with Crippen molar-refractivity contribution < 1.29 is 9.90 Å². The predicted molar refractivity (Wildman–Crippen MR) is 119 cm³/mol. The number of halogens is 1. The molecule has 150 valence electrons. The largest absolute Gasteiger partial charge is 0.392 e. The van der Waals surface area contributed by atoms with Gasteiger partial charge in [-0.15, -0.1) is 0 Å². The molecule has 4 aromatic rings. The zero-order valence-electron chi connectivity index (χ0n) is 16.1. The molecule has 0 aliphatic rings. The third-order valence-electron chi connectivity index (χ3n) is 4.68. The van der Waals surface area contributed by atoms with Crippen LogP contribution in [0.2, 0.25) is 5.02 Å². The number of aliphatic hydroxyl groups excluding tert-OH is 1. The topological polar surface area (TPSA) is 67.2 Å². The van der Waals surface area contributed by atoms with Crippen molar-refractivity contribution in [1.29, 1.82) is 0 Å². The van der Waals surface area contributed by atoms with E-state index in [4.69, 9.17) is 11.6 Å². The summed E-state index contributed by atoms with van der Waals surface area (Å²) in [7, 11) is 0. The smallest absolute Gasteiger partial charge is 0.259 e. The number of nitrogens with zero attached hydrogens (tertiary/aromatic N) is 2. The highest BCUT2D eigenvalue weighted by atomic mass is 35.5. The number of nitrogens with one attached hydrogen (secondary N) is 1. The van der Waals surface area contributed by atoms with Crippen LogP contribution in [0.4, 0.5) is 5.69 Å². The van der Waals surface area contributed by atoms with Crippen LogP contribution in [-0.4, -0.2) is 20.8 Å². The van der Waals surface area contributed by atoms with Gasteiger partial charge in [0.15, 0.2) is 0 Å². The minimum Gasteiger partial charge on any atom is -0.392 e. The Bertz CT molecular complexity index is 1150. The molecule has 6 heteroatoms. The van der Waals surface area contributed by atoms with Crippen molar-refractivity contribution in [2.75, 3.05) is 5.32 Å². The summed E-state index contributed by atoms with van der Waals surface area (Å²) in [5.74, 6) is -0.269. The number of rotatable bonds is 6. The average Bonchev–Trinajstić information content (AvgIpc) is 3.19. The quantitative estimate of drug-likeness (QED) is 0.464. The van der Waals surface area contributed by atoms with Gasteiger partial charge in [-0.3, -0.25) is 9.48 Å². The summed E-state index contributed by atoms with van der Waals surface area (Å²) in [6.45, 7) is 0.462. The second kappa shape index (κ2) is 8.95. The van der Waals surface area contributed by atoms with Crippen LogP contribution in [0.5, 0.6) is 0 Å². The molecule has 1 amide bonds. The summed E-state index contributed by atoms with van der Waals surface area (Å²) in [4.78, 5) is 13.1. The number of amides is 1. The van der Waals surface area contributed by atoms with Gasteiger partial charge in [0.05, 0.1) is 18.7 Å². The fourth-order valence-corrected chi connectivity index (χ4v) is 3.33. The van der Waals surface area contributed by atoms with Crippen molar-refractivity contribution >= 4 is 23.2 Å². The van der Waals surface area contributed by atoms with Gasteiger partial charge < -0.3 is 10.4 Å². The molecule has 4 rings (SSSR count). The Hall–Kier alpha value is -3.41. The average molecular weight is 418 g/mol. The Morgan fingerprint density at radius 3 is 2.43 bits per heavy atom. The second-order valence-electron chi connectivity index (χ2n) is 6.89. The Morgan fingerprint density at radius 1 is 0.967 bits per heavy atom. The number of hydrogen-bond donors (Lipinski definition) is 2. The van der Waals surface area contributed by atoms with E-state index in [1.54, 1.807) is 47.3 Å². The fourth-order valence-electron chi connectivity index (χ4n) is 3.21. The molecule has 0 atom stereocenters. The Labute approximate surface area is 179 Å². The lowest BCUT2D eigenvalue weighted by Crippen LogP contribution is -2.12. The third kappa shape index (κ3) is 4.59. The van der Waals surface area contributed by atoms with E-state index in [2.05, 4.69) is 10.4 Å². The summed E-state index contributed by atoms with van der Waals surface area (Å²) in [6, 6.07) is 24.3. The monoisotopic (exact) mass is 417 g/mol. The van der Waals surface area contributed by atoms with Crippen molar-refractivity contribution in [1.82, 2.24) is 9.78 Å². The van der Waals surface area contributed by atoms with Gasteiger partial charge in [-0.05, 0) is 35.4 Å². The minimum absolute atomic E-state index is 0.0885. The first kappa shape index (κ1) is 19.9. The number of hydrogen-bond acceptors (Lipinski definition) is 3. The molecule has 5 nitrogen and oxygen atoms in total. The van der Waals surface area contributed by atoms with Crippen LogP contribution in [0.25, 0.3) is 11.3 Å². The molecule has 0 bridgehead atoms. The lowest BCUT2D eigenvalue weighted by Gasteiger charge is -2.07. The highest BCUT2D eigenvalue weighted by Crippen LogP contribution is 2.25. The van der Waals surface area contributed by atoms with Crippen LogP contribution in [0, 0.1) is 0 Å². The zero-order valence-corrected chi connectivity index (χ0v) is 16.9. The van der Waals surface area contributed by atoms with Crippen molar-refractivity contribution in [3.8, 4) is 11.3 Å². The van der Waals surface area contributed by atoms with E-state index in [9.17, 15) is 9.90 Å². The first-order valence-corrected chi connectivity index (χ1v) is 9.88. The predicted octanol–water partition coefficient (Wildman–Crippen LogP) is 5.00. The van der Waals surface area contributed by atoms with Crippen molar-refractivity contribution in [2.24, 2.45) is 0 Å². The SMILES string of the molecule is O=C(Nc1cccc(CO)c1)c1cn(Cc2ccccc2)nc1-c1ccc(Cl)cc1. The van der Waals surface area contributed by atoms with E-state index in [1.165, 1.54) is 0 Å². The minimum atomic E-state index is -0.269. The summed E-state index contributed by atoms with van der Waals surface area (Å²) >= 11 is 6.02. The number of aromatic nitrogens is 2.